The molecule has 2 aliphatic heterocycles. The van der Waals surface area contributed by atoms with Crippen LogP contribution >= 0.6 is 0 Å². The number of amides is 3. The highest BCUT2D eigenvalue weighted by molar-refractivity contribution is 5.95. The van der Waals surface area contributed by atoms with Crippen LogP contribution in [0.15, 0.2) is 30.9 Å². The van der Waals surface area contributed by atoms with Gasteiger partial charge in [0.1, 0.15) is 11.5 Å². The van der Waals surface area contributed by atoms with Crippen molar-refractivity contribution in [2.75, 3.05) is 18.9 Å². The van der Waals surface area contributed by atoms with Gasteiger partial charge in [-0.05, 0) is 25.1 Å². The maximum atomic E-state index is 13.6. The number of benzene rings is 1. The molecule has 0 saturated carbocycles. The number of aromatic nitrogens is 2. The van der Waals surface area contributed by atoms with Crippen molar-refractivity contribution in [1.82, 2.24) is 19.6 Å². The molecule has 0 spiro atoms. The fourth-order valence-electron chi connectivity index (χ4n) is 4.56. The molecule has 3 amide bonds. The first-order valence-electron chi connectivity index (χ1n) is 11.0. The van der Waals surface area contributed by atoms with Crippen LogP contribution in [-0.4, -0.2) is 62.4 Å². The van der Waals surface area contributed by atoms with Gasteiger partial charge < -0.3 is 20.2 Å². The number of aliphatic hydroxyl groups is 1. The van der Waals surface area contributed by atoms with Gasteiger partial charge >= 0.3 is 12.2 Å². The van der Waals surface area contributed by atoms with Gasteiger partial charge in [-0.3, -0.25) is 9.48 Å². The molecule has 12 heteroatoms. The molecule has 3 atom stereocenters. The largest absolute Gasteiger partial charge is 0.419 e. The predicted octanol–water partition coefficient (Wildman–Crippen LogP) is 3.27. The second kappa shape index (κ2) is 8.99. The Bertz CT molecular complexity index is 1180. The number of aliphatic hydroxyl groups excluding tert-OH is 1. The van der Waals surface area contributed by atoms with E-state index in [9.17, 15) is 32.3 Å². The van der Waals surface area contributed by atoms with Crippen molar-refractivity contribution < 1.29 is 32.3 Å². The predicted molar refractivity (Wildman–Crippen MR) is 118 cm³/mol. The number of alkyl halides is 3. The summed E-state index contributed by atoms with van der Waals surface area (Å²) in [7, 11) is 1.61. The quantitative estimate of drug-likeness (QED) is 0.505. The molecular formula is C23H25F4N5O3. The van der Waals surface area contributed by atoms with E-state index in [0.717, 1.165) is 6.07 Å². The van der Waals surface area contributed by atoms with Crippen LogP contribution in [0.3, 0.4) is 0 Å². The number of hydrogen-bond acceptors (Lipinski definition) is 4. The van der Waals surface area contributed by atoms with Crippen molar-refractivity contribution in [1.29, 1.82) is 0 Å². The Morgan fingerprint density at radius 1 is 1.34 bits per heavy atom. The summed E-state index contributed by atoms with van der Waals surface area (Å²) >= 11 is 0. The Morgan fingerprint density at radius 2 is 2.06 bits per heavy atom. The van der Waals surface area contributed by atoms with Crippen LogP contribution in [0, 0.1) is 11.7 Å². The number of carbonyl (C=O) groups excluding carboxylic acids is 2. The molecule has 1 aromatic heterocycles. The molecule has 0 saturated heterocycles. The zero-order chi connectivity index (χ0) is 25.7. The SMILES string of the molecule is C=CC(O)[C@@H]1CN(C)C(=O)c2c3c(nn2C1)C[C@@H](C)N(C(=O)Nc1ccc(F)c(C(F)(F)F)c1)C3. The molecule has 35 heavy (non-hydrogen) atoms. The molecular weight excluding hydrogens is 470 g/mol. The van der Waals surface area contributed by atoms with Gasteiger partial charge in [0.25, 0.3) is 5.91 Å². The first kappa shape index (κ1) is 24.7. The Morgan fingerprint density at radius 3 is 2.71 bits per heavy atom. The van der Waals surface area contributed by atoms with Gasteiger partial charge in [0, 0.05) is 49.8 Å². The van der Waals surface area contributed by atoms with Crippen LogP contribution in [0.1, 0.15) is 34.2 Å². The number of fused-ring (bicyclic) bond motifs is 3. The molecule has 1 unspecified atom stereocenters. The van der Waals surface area contributed by atoms with E-state index in [2.05, 4.69) is 17.0 Å². The third-order valence-electron chi connectivity index (χ3n) is 6.46. The maximum Gasteiger partial charge on any atom is 0.419 e. The number of nitrogens with one attached hydrogen (secondary N) is 1. The number of nitrogens with zero attached hydrogens (tertiary/aromatic N) is 4. The van der Waals surface area contributed by atoms with Crippen molar-refractivity contribution in [2.45, 2.75) is 44.8 Å². The molecule has 4 rings (SSSR count). The van der Waals surface area contributed by atoms with E-state index in [-0.39, 0.29) is 43.2 Å². The minimum atomic E-state index is -4.91. The van der Waals surface area contributed by atoms with Crippen molar-refractivity contribution in [3.05, 3.63) is 59.2 Å². The molecule has 2 N–H and O–H groups in total. The number of anilines is 1. The Balaban J connectivity index is 1.61. The standard InChI is InChI=1S/C23H25F4N5O3/c1-4-19(33)13-9-30(3)21(34)20-15-11-31(12(2)7-18(15)29-32(20)10-13)22(35)28-14-5-6-17(24)16(8-14)23(25,26)27/h4-6,8,12-13,19,33H,1,7,9-11H2,2-3H3,(H,28,35)/t12-,13-,19?/m1/s1. The normalized spacial score (nSPS) is 21.2. The Hall–Kier alpha value is -3.41. The van der Waals surface area contributed by atoms with E-state index < -0.39 is 29.7 Å². The molecule has 188 valence electrons. The number of urea groups is 1. The van der Waals surface area contributed by atoms with E-state index in [4.69, 9.17) is 0 Å². The summed E-state index contributed by atoms with van der Waals surface area (Å²) in [6, 6.07) is 1.20. The summed E-state index contributed by atoms with van der Waals surface area (Å²) in [6.07, 6.45) is -4.01. The summed E-state index contributed by atoms with van der Waals surface area (Å²) in [5.41, 5.74) is -0.164. The van der Waals surface area contributed by atoms with Crippen molar-refractivity contribution in [3.8, 4) is 0 Å². The van der Waals surface area contributed by atoms with Gasteiger partial charge in [0.15, 0.2) is 0 Å². The van der Waals surface area contributed by atoms with E-state index in [0.29, 0.717) is 35.5 Å². The third kappa shape index (κ3) is 4.62. The lowest BCUT2D eigenvalue weighted by Gasteiger charge is -2.33. The summed E-state index contributed by atoms with van der Waals surface area (Å²) in [5, 5.41) is 17.3. The molecule has 0 bridgehead atoms. The monoisotopic (exact) mass is 495 g/mol. The van der Waals surface area contributed by atoms with E-state index >= 15 is 0 Å². The Kier molecular flexibility index (Phi) is 6.34. The van der Waals surface area contributed by atoms with Crippen LogP contribution in [0.25, 0.3) is 0 Å². The number of rotatable bonds is 3. The first-order chi connectivity index (χ1) is 16.4. The topological polar surface area (TPSA) is 90.7 Å². The van der Waals surface area contributed by atoms with Crippen molar-refractivity contribution in [3.63, 3.8) is 0 Å². The van der Waals surface area contributed by atoms with Crippen molar-refractivity contribution in [2.24, 2.45) is 5.92 Å². The van der Waals surface area contributed by atoms with E-state index in [1.807, 2.05) is 0 Å². The fraction of sp³-hybridized carbons (Fsp3) is 0.435. The number of hydrogen-bond donors (Lipinski definition) is 2. The van der Waals surface area contributed by atoms with Gasteiger partial charge in [-0.2, -0.15) is 18.3 Å². The summed E-state index contributed by atoms with van der Waals surface area (Å²) in [5.74, 6) is -2.06. The lowest BCUT2D eigenvalue weighted by atomic mass is 9.99. The zero-order valence-corrected chi connectivity index (χ0v) is 19.1. The first-order valence-corrected chi connectivity index (χ1v) is 11.0. The number of halogens is 4. The summed E-state index contributed by atoms with van der Waals surface area (Å²) in [6.45, 7) is 5.95. The zero-order valence-electron chi connectivity index (χ0n) is 19.1. The highest BCUT2D eigenvalue weighted by Gasteiger charge is 2.38. The molecule has 2 aliphatic rings. The van der Waals surface area contributed by atoms with Gasteiger partial charge in [-0.25, -0.2) is 9.18 Å². The van der Waals surface area contributed by atoms with Crippen LogP contribution in [0.2, 0.25) is 0 Å². The van der Waals surface area contributed by atoms with Crippen LogP contribution in [0.5, 0.6) is 0 Å². The fourth-order valence-corrected chi connectivity index (χ4v) is 4.56. The molecule has 0 fully saturated rings. The second-order valence-electron chi connectivity index (χ2n) is 8.93. The van der Waals surface area contributed by atoms with E-state index in [1.165, 1.54) is 15.9 Å². The average Bonchev–Trinajstić information content (AvgIpc) is 3.07. The highest BCUT2D eigenvalue weighted by atomic mass is 19.4. The molecule has 8 nitrogen and oxygen atoms in total. The second-order valence-corrected chi connectivity index (χ2v) is 8.93. The molecule has 3 heterocycles. The highest BCUT2D eigenvalue weighted by Crippen LogP contribution is 2.34. The van der Waals surface area contributed by atoms with Gasteiger partial charge in [0.2, 0.25) is 0 Å². The minimum Gasteiger partial charge on any atom is -0.389 e. The minimum absolute atomic E-state index is 0.0131. The van der Waals surface area contributed by atoms with E-state index in [1.54, 1.807) is 18.7 Å². The van der Waals surface area contributed by atoms with Crippen LogP contribution in [0.4, 0.5) is 28.0 Å². The van der Waals surface area contributed by atoms with Gasteiger partial charge in [-0.15, -0.1) is 6.58 Å². The smallest absolute Gasteiger partial charge is 0.389 e. The Labute approximate surface area is 198 Å². The van der Waals surface area contributed by atoms with Crippen LogP contribution in [-0.2, 0) is 25.7 Å². The van der Waals surface area contributed by atoms with Gasteiger partial charge in [-0.1, -0.05) is 6.08 Å². The van der Waals surface area contributed by atoms with Gasteiger partial charge in [0.05, 0.1) is 23.9 Å². The average molecular weight is 495 g/mol. The van der Waals surface area contributed by atoms with Crippen LogP contribution < -0.4 is 5.32 Å². The molecule has 2 aromatic rings. The van der Waals surface area contributed by atoms with Crippen molar-refractivity contribution >= 4 is 17.6 Å². The molecule has 0 radical (unpaired) electrons. The molecule has 0 aliphatic carbocycles. The maximum absolute atomic E-state index is 13.6. The molecule has 1 aromatic carbocycles. The summed E-state index contributed by atoms with van der Waals surface area (Å²) in [4.78, 5) is 29.0. The third-order valence-corrected chi connectivity index (χ3v) is 6.46. The summed E-state index contributed by atoms with van der Waals surface area (Å²) < 4.78 is 54.3. The lowest BCUT2D eigenvalue weighted by molar-refractivity contribution is -0.139. The lowest BCUT2D eigenvalue weighted by Crippen LogP contribution is -2.45. The number of carbonyl (C=O) groups is 2.